The number of methoxy groups -OCH3 is 2. The van der Waals surface area contributed by atoms with E-state index in [1.165, 1.54) is 40.1 Å². The fourth-order valence-electron chi connectivity index (χ4n) is 3.91. The molecule has 1 saturated heterocycles. The lowest BCUT2D eigenvalue weighted by molar-refractivity contribution is -0.134. The number of ether oxygens (including phenoxy) is 2. The summed E-state index contributed by atoms with van der Waals surface area (Å²) in [4.78, 5) is 44.4. The zero-order valence-electron chi connectivity index (χ0n) is 19.0. The van der Waals surface area contributed by atoms with Crippen molar-refractivity contribution in [3.63, 3.8) is 0 Å². The number of nitrogens with zero attached hydrogens (tertiary/aromatic N) is 6. The maximum atomic E-state index is 12.9. The van der Waals surface area contributed by atoms with Crippen molar-refractivity contribution >= 4 is 52.7 Å². The number of carbonyl (C=O) groups excluding carboxylic acids is 3. The highest BCUT2D eigenvalue weighted by Gasteiger charge is 2.46. The molecule has 0 radical (unpaired) electrons. The van der Waals surface area contributed by atoms with Crippen molar-refractivity contribution in [1.82, 2.24) is 9.80 Å². The number of barbiturate groups is 1. The van der Waals surface area contributed by atoms with Gasteiger partial charge in [-0.15, -0.1) is 0 Å². The molecule has 0 aromatic heterocycles. The molecule has 11 nitrogen and oxygen atoms in total. The lowest BCUT2D eigenvalue weighted by atomic mass is 10.1. The molecule has 34 heavy (non-hydrogen) atoms. The molecular weight excluding hydrogens is 480 g/mol. The van der Waals surface area contributed by atoms with Crippen LogP contribution < -0.4 is 19.3 Å². The lowest BCUT2D eigenvalue weighted by Crippen LogP contribution is -2.53. The number of fused-ring (bicyclic) bond motifs is 2. The number of thioether (sulfide) groups is 2. The maximum Gasteiger partial charge on any atom is 0.333 e. The van der Waals surface area contributed by atoms with Gasteiger partial charge in [-0.25, -0.2) is 4.79 Å². The third kappa shape index (κ3) is 2.94. The molecule has 0 saturated carbocycles. The Hall–Kier alpha value is -3.81. The Morgan fingerprint density at radius 2 is 1.24 bits per heavy atom. The first kappa shape index (κ1) is 23.4. The highest BCUT2D eigenvalue weighted by molar-refractivity contribution is 8.04. The van der Waals surface area contributed by atoms with Crippen LogP contribution in [0.4, 0.5) is 16.2 Å². The average Bonchev–Trinajstić information content (AvgIpc) is 3.34. The van der Waals surface area contributed by atoms with Crippen LogP contribution in [0.1, 0.15) is 0 Å². The summed E-state index contributed by atoms with van der Waals surface area (Å²) in [6, 6.07) is 3.11. The van der Waals surface area contributed by atoms with Gasteiger partial charge in [0.2, 0.25) is 0 Å². The molecule has 1 fully saturated rings. The third-order valence-electron chi connectivity index (χ3n) is 5.62. The molecule has 0 atom stereocenters. The smallest absolute Gasteiger partial charge is 0.333 e. The van der Waals surface area contributed by atoms with Gasteiger partial charge in [0, 0.05) is 28.2 Å². The van der Waals surface area contributed by atoms with Crippen LogP contribution in [0.3, 0.4) is 0 Å². The van der Waals surface area contributed by atoms with Crippen LogP contribution in [0.2, 0.25) is 0 Å². The van der Waals surface area contributed by atoms with Crippen LogP contribution in [0, 0.1) is 22.7 Å². The van der Waals surface area contributed by atoms with Crippen LogP contribution in [-0.4, -0.2) is 70.1 Å². The van der Waals surface area contributed by atoms with Gasteiger partial charge in [0.05, 0.1) is 29.0 Å². The van der Waals surface area contributed by atoms with E-state index in [-0.39, 0.29) is 11.1 Å². The normalized spacial score (nSPS) is 17.2. The predicted molar refractivity (Wildman–Crippen MR) is 124 cm³/mol. The monoisotopic (exact) mass is 498 g/mol. The Morgan fingerprint density at radius 3 is 1.71 bits per heavy atom. The van der Waals surface area contributed by atoms with Crippen LogP contribution in [0.25, 0.3) is 0 Å². The topological polar surface area (TPSA) is 130 Å². The molecule has 0 aliphatic carbocycles. The van der Waals surface area contributed by atoms with Gasteiger partial charge in [0.25, 0.3) is 11.8 Å². The second-order valence-electron chi connectivity index (χ2n) is 7.34. The number of amides is 4. The number of imide groups is 2. The van der Waals surface area contributed by atoms with E-state index in [0.29, 0.717) is 42.7 Å². The number of hydrogen-bond donors (Lipinski definition) is 0. The zero-order valence-corrected chi connectivity index (χ0v) is 20.7. The Bertz CT molecular complexity index is 1290. The molecule has 0 bridgehead atoms. The van der Waals surface area contributed by atoms with E-state index in [1.54, 1.807) is 23.9 Å². The van der Waals surface area contributed by atoms with Crippen molar-refractivity contribution in [2.24, 2.45) is 0 Å². The predicted octanol–water partition coefficient (Wildman–Crippen LogP) is 2.31. The van der Waals surface area contributed by atoms with Gasteiger partial charge in [0.15, 0.2) is 17.1 Å². The number of anilines is 2. The minimum Gasteiger partial charge on any atom is -0.493 e. The maximum absolute atomic E-state index is 12.9. The summed E-state index contributed by atoms with van der Waals surface area (Å²) in [5.74, 6) is -0.533. The first-order valence-corrected chi connectivity index (χ1v) is 11.3. The summed E-state index contributed by atoms with van der Waals surface area (Å²) >= 11 is 2.34. The molecule has 174 valence electrons. The van der Waals surface area contributed by atoms with Gasteiger partial charge >= 0.3 is 6.03 Å². The molecule has 1 aromatic rings. The standard InChI is InChI=1S/C21H18N6O5S2/c1-24-11-13(31-5)16-12(14(32-6)15(11)33-19(24)9(7-22)8-23)25(2)20(34-16)10-17(28)26(3)21(30)27(4)18(10)29/h1-6H3. The number of nitriles is 2. The van der Waals surface area contributed by atoms with Gasteiger partial charge in [-0.05, 0) is 0 Å². The van der Waals surface area contributed by atoms with Crippen LogP contribution in [0.5, 0.6) is 11.5 Å². The fourth-order valence-corrected chi connectivity index (χ4v) is 6.43. The van der Waals surface area contributed by atoms with Crippen LogP contribution in [0.15, 0.2) is 31.0 Å². The Kier molecular flexibility index (Phi) is 5.63. The highest BCUT2D eigenvalue weighted by atomic mass is 32.2. The Labute approximate surface area is 203 Å². The molecule has 4 rings (SSSR count). The number of hydrogen-bond acceptors (Lipinski definition) is 11. The molecule has 3 heterocycles. The van der Waals surface area contributed by atoms with Crippen molar-refractivity contribution in [2.75, 3.05) is 52.2 Å². The van der Waals surface area contributed by atoms with E-state index in [4.69, 9.17) is 9.47 Å². The summed E-state index contributed by atoms with van der Waals surface area (Å²) in [6.45, 7) is 0. The number of rotatable bonds is 2. The molecular formula is C21H18N6O5S2. The van der Waals surface area contributed by atoms with E-state index >= 15 is 0 Å². The van der Waals surface area contributed by atoms with E-state index in [9.17, 15) is 24.9 Å². The van der Waals surface area contributed by atoms with Gasteiger partial charge in [-0.3, -0.25) is 19.4 Å². The van der Waals surface area contributed by atoms with Crippen LogP contribution in [-0.2, 0) is 9.59 Å². The molecule has 0 unspecified atom stereocenters. The third-order valence-corrected chi connectivity index (χ3v) is 8.13. The summed E-state index contributed by atoms with van der Waals surface area (Å²) in [7, 11) is 9.00. The van der Waals surface area contributed by atoms with Gasteiger partial charge < -0.3 is 19.3 Å². The van der Waals surface area contributed by atoms with Gasteiger partial charge in [-0.2, -0.15) is 10.5 Å². The summed E-state index contributed by atoms with van der Waals surface area (Å²) in [5.41, 5.74) is 0.964. The Morgan fingerprint density at radius 1 is 0.765 bits per heavy atom. The number of benzene rings is 1. The largest absolute Gasteiger partial charge is 0.493 e. The first-order chi connectivity index (χ1) is 16.1. The lowest BCUT2D eigenvalue weighted by Gasteiger charge is -2.30. The molecule has 4 amide bonds. The fraction of sp³-hybridized carbons (Fsp3) is 0.286. The second kappa shape index (κ2) is 8.20. The summed E-state index contributed by atoms with van der Waals surface area (Å²) in [6.07, 6.45) is 0. The average molecular weight is 499 g/mol. The molecule has 0 spiro atoms. The molecule has 1 aromatic carbocycles. The van der Waals surface area contributed by atoms with Gasteiger partial charge in [-0.1, -0.05) is 23.5 Å². The molecule has 3 aliphatic heterocycles. The van der Waals surface area contributed by atoms with E-state index in [0.717, 1.165) is 21.6 Å². The van der Waals surface area contributed by atoms with Crippen molar-refractivity contribution < 1.29 is 23.9 Å². The number of carbonyl (C=O) groups is 3. The summed E-state index contributed by atoms with van der Waals surface area (Å²) in [5, 5.41) is 19.5. The number of likely N-dealkylation sites (N-methyl/N-ethyl adjacent to an activating group) is 2. The molecule has 0 N–H and O–H groups in total. The van der Waals surface area contributed by atoms with E-state index in [1.807, 2.05) is 12.1 Å². The van der Waals surface area contributed by atoms with Crippen molar-refractivity contribution in [1.29, 1.82) is 10.5 Å². The minimum atomic E-state index is -0.709. The quantitative estimate of drug-likeness (QED) is 0.338. The highest BCUT2D eigenvalue weighted by Crippen LogP contribution is 2.65. The van der Waals surface area contributed by atoms with Crippen molar-refractivity contribution in [3.05, 3.63) is 21.2 Å². The molecule has 3 aliphatic rings. The summed E-state index contributed by atoms with van der Waals surface area (Å²) < 4.78 is 11.5. The van der Waals surface area contributed by atoms with Crippen molar-refractivity contribution in [3.8, 4) is 23.6 Å². The first-order valence-electron chi connectivity index (χ1n) is 9.68. The molecule has 13 heteroatoms. The van der Waals surface area contributed by atoms with E-state index in [2.05, 4.69) is 0 Å². The number of allylic oxidation sites excluding steroid dienone is 1. The van der Waals surface area contributed by atoms with Crippen LogP contribution >= 0.6 is 23.5 Å². The Balaban J connectivity index is 1.97. The SMILES string of the molecule is COc1c2c(c(OC)c3c1N(C)C(=C(C#N)C#N)S3)N(C)C(=C1C(=O)N(C)C(=O)N(C)C1=O)S2. The van der Waals surface area contributed by atoms with Gasteiger partial charge in [0.1, 0.15) is 34.1 Å². The zero-order chi connectivity index (χ0) is 25.1. The minimum absolute atomic E-state index is 0.0501. The van der Waals surface area contributed by atoms with E-state index < -0.39 is 17.8 Å². The van der Waals surface area contributed by atoms with Crippen molar-refractivity contribution in [2.45, 2.75) is 9.79 Å². The number of urea groups is 1. The second-order valence-corrected chi connectivity index (χ2v) is 9.34.